The minimum absolute atomic E-state index is 0.0138. The normalized spacial score (nSPS) is 23.1. The van der Waals surface area contributed by atoms with Gasteiger partial charge < -0.3 is 4.90 Å². The van der Waals surface area contributed by atoms with E-state index in [9.17, 15) is 4.79 Å². The fraction of sp³-hybridized carbons (Fsp3) is 0.481. The van der Waals surface area contributed by atoms with E-state index in [1.54, 1.807) is 0 Å². The first-order valence-electron chi connectivity index (χ1n) is 12.2. The second kappa shape index (κ2) is 9.45. The zero-order valence-corrected chi connectivity index (χ0v) is 18.9. The number of amides is 2. The van der Waals surface area contributed by atoms with E-state index in [1.807, 2.05) is 6.07 Å². The third-order valence-corrected chi connectivity index (χ3v) is 7.43. The van der Waals surface area contributed by atoms with Gasteiger partial charge in [-0.25, -0.2) is 4.79 Å². The summed E-state index contributed by atoms with van der Waals surface area (Å²) in [5, 5.41) is 3.22. The van der Waals surface area contributed by atoms with Gasteiger partial charge in [0.05, 0.1) is 6.04 Å². The molecule has 1 spiro atoms. The van der Waals surface area contributed by atoms with Crippen LogP contribution in [0.15, 0.2) is 65.7 Å². The first-order chi connectivity index (χ1) is 15.7. The molecule has 2 aliphatic heterocycles. The molecule has 0 atom stereocenters. The summed E-state index contributed by atoms with van der Waals surface area (Å²) in [5.74, 6) is 0.935. The van der Waals surface area contributed by atoms with Crippen LogP contribution in [-0.2, 0) is 13.1 Å². The quantitative estimate of drug-likeness (QED) is 0.727. The number of rotatable bonds is 5. The van der Waals surface area contributed by atoms with E-state index in [0.29, 0.717) is 12.6 Å². The highest BCUT2D eigenvalue weighted by molar-refractivity contribution is 6.10. The number of urea groups is 1. The number of likely N-dealkylation sites (tertiary alicyclic amines) is 1. The molecule has 2 saturated heterocycles. The summed E-state index contributed by atoms with van der Waals surface area (Å²) in [6, 6.07) is 21.4. The van der Waals surface area contributed by atoms with Crippen LogP contribution in [-0.4, -0.2) is 46.3 Å². The Bertz CT molecular complexity index is 929. The third-order valence-electron chi connectivity index (χ3n) is 7.43. The van der Waals surface area contributed by atoms with Crippen molar-refractivity contribution in [3.8, 4) is 0 Å². The average Bonchev–Trinajstić information content (AvgIpc) is 3.08. The summed E-state index contributed by atoms with van der Waals surface area (Å²) in [6.07, 6.45) is 7.96. The summed E-state index contributed by atoms with van der Waals surface area (Å²) < 4.78 is 0. The topological polar surface area (TPSA) is 47.9 Å². The molecule has 5 rings (SSSR count). The average molecular weight is 431 g/mol. The SMILES string of the molecule is O=C1NC(=NC2CCCCC2)C2(CCN(Cc3ccccc3)CC2)N1Cc1ccccc1. The van der Waals surface area contributed by atoms with Crippen molar-refractivity contribution in [2.24, 2.45) is 4.99 Å². The summed E-state index contributed by atoms with van der Waals surface area (Å²) in [4.78, 5) is 23.0. The number of hydrogen-bond donors (Lipinski definition) is 1. The van der Waals surface area contributed by atoms with Gasteiger partial charge in [-0.1, -0.05) is 79.9 Å². The summed E-state index contributed by atoms with van der Waals surface area (Å²) in [5.41, 5.74) is 2.21. The second-order valence-electron chi connectivity index (χ2n) is 9.56. The molecule has 2 heterocycles. The predicted molar refractivity (Wildman–Crippen MR) is 129 cm³/mol. The van der Waals surface area contributed by atoms with Gasteiger partial charge in [-0.3, -0.25) is 15.2 Å². The van der Waals surface area contributed by atoms with Crippen molar-refractivity contribution in [1.29, 1.82) is 0 Å². The van der Waals surface area contributed by atoms with Crippen LogP contribution >= 0.6 is 0 Å². The zero-order chi connectivity index (χ0) is 21.8. The Morgan fingerprint density at radius 2 is 1.44 bits per heavy atom. The highest BCUT2D eigenvalue weighted by Crippen LogP contribution is 2.36. The molecule has 5 nitrogen and oxygen atoms in total. The molecule has 0 unspecified atom stereocenters. The number of carbonyl (C=O) groups is 1. The first kappa shape index (κ1) is 21.2. The molecule has 0 radical (unpaired) electrons. The maximum absolute atomic E-state index is 13.2. The third kappa shape index (κ3) is 4.44. The highest BCUT2D eigenvalue weighted by atomic mass is 16.2. The van der Waals surface area contributed by atoms with Gasteiger partial charge in [0, 0.05) is 26.2 Å². The number of aliphatic imine (C=N–C) groups is 1. The van der Waals surface area contributed by atoms with Crippen LogP contribution in [0, 0.1) is 0 Å². The summed E-state index contributed by atoms with van der Waals surface area (Å²) in [7, 11) is 0. The maximum atomic E-state index is 13.2. The van der Waals surface area contributed by atoms with Crippen molar-refractivity contribution < 1.29 is 4.79 Å². The van der Waals surface area contributed by atoms with E-state index in [1.165, 1.54) is 30.4 Å². The van der Waals surface area contributed by atoms with Crippen molar-refractivity contribution in [2.45, 2.75) is 69.6 Å². The number of hydrogen-bond acceptors (Lipinski definition) is 3. The smallest absolute Gasteiger partial charge is 0.307 e. The molecule has 2 aromatic rings. The van der Waals surface area contributed by atoms with Gasteiger partial charge >= 0.3 is 6.03 Å². The van der Waals surface area contributed by atoms with Crippen LogP contribution in [0.25, 0.3) is 0 Å². The Kier molecular flexibility index (Phi) is 6.26. The zero-order valence-electron chi connectivity index (χ0n) is 18.9. The lowest BCUT2D eigenvalue weighted by molar-refractivity contribution is 0.0955. The van der Waals surface area contributed by atoms with Crippen molar-refractivity contribution in [1.82, 2.24) is 15.1 Å². The number of amidine groups is 1. The Hall–Kier alpha value is -2.66. The van der Waals surface area contributed by atoms with Crippen LogP contribution in [0.4, 0.5) is 4.79 Å². The minimum atomic E-state index is -0.308. The fourth-order valence-corrected chi connectivity index (χ4v) is 5.57. The van der Waals surface area contributed by atoms with Gasteiger partial charge in [-0.2, -0.15) is 0 Å². The fourth-order valence-electron chi connectivity index (χ4n) is 5.57. The molecule has 3 aliphatic rings. The van der Waals surface area contributed by atoms with Gasteiger partial charge in [-0.05, 0) is 36.8 Å². The summed E-state index contributed by atoms with van der Waals surface area (Å²) >= 11 is 0. The number of benzene rings is 2. The number of nitrogens with zero attached hydrogens (tertiary/aromatic N) is 3. The van der Waals surface area contributed by atoms with Crippen LogP contribution in [0.1, 0.15) is 56.1 Å². The monoisotopic (exact) mass is 430 g/mol. The molecule has 1 N–H and O–H groups in total. The van der Waals surface area contributed by atoms with Crippen LogP contribution in [0.3, 0.4) is 0 Å². The standard InChI is InChI=1S/C27H34N4O/c32-26-29-25(28-24-14-8-3-9-15-24)27(31(26)21-23-12-6-2-7-13-23)16-18-30(19-17-27)20-22-10-4-1-5-11-22/h1-2,4-7,10-13,24H,3,8-9,14-21H2,(H,28,29,32). The van der Waals surface area contributed by atoms with Gasteiger partial charge in [0.2, 0.25) is 0 Å². The summed E-state index contributed by atoms with van der Waals surface area (Å²) in [6.45, 7) is 3.54. The molecule has 0 aromatic heterocycles. The highest BCUT2D eigenvalue weighted by Gasteiger charge is 2.52. The number of nitrogens with one attached hydrogen (secondary N) is 1. The molecule has 32 heavy (non-hydrogen) atoms. The van der Waals surface area contributed by atoms with Crippen LogP contribution in [0.2, 0.25) is 0 Å². The van der Waals surface area contributed by atoms with Gasteiger partial charge in [-0.15, -0.1) is 0 Å². The lowest BCUT2D eigenvalue weighted by atomic mass is 9.84. The largest absolute Gasteiger partial charge is 0.323 e. The van der Waals surface area contributed by atoms with E-state index in [0.717, 1.165) is 51.2 Å². The van der Waals surface area contributed by atoms with E-state index in [2.05, 4.69) is 69.7 Å². The molecular formula is C27H34N4O. The van der Waals surface area contributed by atoms with Gasteiger partial charge in [0.1, 0.15) is 11.4 Å². The molecule has 1 aliphatic carbocycles. The van der Waals surface area contributed by atoms with E-state index in [-0.39, 0.29) is 11.6 Å². The molecule has 168 valence electrons. The van der Waals surface area contributed by atoms with Crippen LogP contribution in [0.5, 0.6) is 0 Å². The molecule has 1 saturated carbocycles. The molecule has 2 aromatic carbocycles. The van der Waals surface area contributed by atoms with E-state index >= 15 is 0 Å². The van der Waals surface area contributed by atoms with Crippen molar-refractivity contribution >= 4 is 11.9 Å². The van der Waals surface area contributed by atoms with Crippen LogP contribution < -0.4 is 5.32 Å². The Labute approximate surface area is 191 Å². The van der Waals surface area contributed by atoms with Crippen molar-refractivity contribution in [3.05, 3.63) is 71.8 Å². The molecular weight excluding hydrogens is 396 g/mol. The first-order valence-corrected chi connectivity index (χ1v) is 12.2. The number of carbonyl (C=O) groups excluding carboxylic acids is 1. The van der Waals surface area contributed by atoms with E-state index < -0.39 is 0 Å². The Balaban J connectivity index is 1.38. The number of piperidine rings is 1. The second-order valence-corrected chi connectivity index (χ2v) is 9.56. The van der Waals surface area contributed by atoms with Crippen molar-refractivity contribution in [3.63, 3.8) is 0 Å². The Morgan fingerprint density at radius 1 is 0.844 bits per heavy atom. The van der Waals surface area contributed by atoms with Crippen molar-refractivity contribution in [2.75, 3.05) is 13.1 Å². The van der Waals surface area contributed by atoms with Gasteiger partial charge in [0.15, 0.2) is 0 Å². The molecule has 3 fully saturated rings. The van der Waals surface area contributed by atoms with E-state index in [4.69, 9.17) is 4.99 Å². The molecule has 2 amide bonds. The lowest BCUT2D eigenvalue weighted by Crippen LogP contribution is -2.56. The molecule has 0 bridgehead atoms. The Morgan fingerprint density at radius 3 is 2.06 bits per heavy atom. The predicted octanol–water partition coefficient (Wildman–Crippen LogP) is 4.98. The molecule has 5 heteroatoms. The van der Waals surface area contributed by atoms with Gasteiger partial charge in [0.25, 0.3) is 0 Å². The minimum Gasteiger partial charge on any atom is -0.307 e. The maximum Gasteiger partial charge on any atom is 0.323 e. The lowest BCUT2D eigenvalue weighted by Gasteiger charge is -2.44.